The van der Waals surface area contributed by atoms with Gasteiger partial charge in [0, 0.05) is 24.9 Å². The first kappa shape index (κ1) is 14.1. The summed E-state index contributed by atoms with van der Waals surface area (Å²) >= 11 is -2.46. The third kappa shape index (κ3) is 3.16. The molecule has 3 N–H and O–H groups in total. The molecule has 0 aliphatic heterocycles. The third-order valence-corrected chi connectivity index (χ3v) is 3.14. The molecule has 1 unspecified atom stereocenters. The van der Waals surface area contributed by atoms with Crippen LogP contribution in [-0.2, 0) is 15.9 Å². The van der Waals surface area contributed by atoms with E-state index in [1.54, 1.807) is 12.1 Å². The number of carbonyl (C=O) groups is 1. The zero-order valence-corrected chi connectivity index (χ0v) is 11.3. The zero-order chi connectivity index (χ0) is 14.7. The van der Waals surface area contributed by atoms with Gasteiger partial charge in [-0.2, -0.15) is 0 Å². The molecule has 7 nitrogen and oxygen atoms in total. The molecule has 1 atom stereocenters. The number of rotatable bonds is 3. The molecule has 0 aliphatic carbocycles. The lowest BCUT2D eigenvalue weighted by atomic mass is 10.1. The van der Waals surface area contributed by atoms with Crippen LogP contribution in [0.5, 0.6) is 0 Å². The van der Waals surface area contributed by atoms with Crippen molar-refractivity contribution in [2.75, 3.05) is 11.1 Å². The van der Waals surface area contributed by atoms with Gasteiger partial charge < -0.3 is 15.6 Å². The molecule has 2 aromatic rings. The van der Waals surface area contributed by atoms with Gasteiger partial charge in [-0.15, -0.1) is 0 Å². The smallest absolute Gasteiger partial charge is 0.222 e. The summed E-state index contributed by atoms with van der Waals surface area (Å²) in [5.41, 5.74) is 6.72. The van der Waals surface area contributed by atoms with Gasteiger partial charge in [-0.05, 0) is 34.8 Å². The monoisotopic (exact) mass is 291 g/mol. The van der Waals surface area contributed by atoms with E-state index in [4.69, 9.17) is 5.73 Å². The van der Waals surface area contributed by atoms with Crippen molar-refractivity contribution < 1.29 is 13.6 Å². The first-order valence-electron chi connectivity index (χ1n) is 5.56. The molecule has 2 heterocycles. The Morgan fingerprint density at radius 1 is 1.35 bits per heavy atom. The summed E-state index contributed by atoms with van der Waals surface area (Å²) in [6, 6.07) is 4.71. The van der Waals surface area contributed by atoms with Crippen LogP contribution in [0.15, 0.2) is 35.5 Å². The summed E-state index contributed by atoms with van der Waals surface area (Å²) in [6.45, 7) is 1.37. The SMILES string of the molecule is CC(=O)Nc1cc(-c2cnc(N)c(S(=O)[O-])c2)ccn1. The summed E-state index contributed by atoms with van der Waals surface area (Å²) in [7, 11) is 0. The molecule has 0 radical (unpaired) electrons. The number of amides is 1. The Hall–Kier alpha value is -2.32. The summed E-state index contributed by atoms with van der Waals surface area (Å²) in [5, 5.41) is 2.55. The maximum atomic E-state index is 11.0. The Labute approximate surface area is 117 Å². The number of nitrogen functional groups attached to an aromatic ring is 1. The molecule has 0 saturated carbocycles. The van der Waals surface area contributed by atoms with E-state index in [1.165, 1.54) is 25.4 Å². The van der Waals surface area contributed by atoms with Crippen molar-refractivity contribution in [1.29, 1.82) is 0 Å². The second-order valence-corrected chi connectivity index (χ2v) is 4.86. The largest absolute Gasteiger partial charge is 0.768 e. The van der Waals surface area contributed by atoms with Crippen LogP contribution in [0.4, 0.5) is 11.6 Å². The Balaban J connectivity index is 2.43. The van der Waals surface area contributed by atoms with Crippen molar-refractivity contribution in [2.24, 2.45) is 0 Å². The molecule has 0 fully saturated rings. The number of aromatic nitrogens is 2. The maximum absolute atomic E-state index is 11.0. The van der Waals surface area contributed by atoms with Crippen LogP contribution in [0.25, 0.3) is 11.1 Å². The van der Waals surface area contributed by atoms with Crippen LogP contribution >= 0.6 is 0 Å². The molecule has 0 saturated heterocycles. The topological polar surface area (TPSA) is 121 Å². The minimum Gasteiger partial charge on any atom is -0.768 e. The number of nitrogens with zero attached hydrogens (tertiary/aromatic N) is 2. The van der Waals surface area contributed by atoms with E-state index in [2.05, 4.69) is 15.3 Å². The van der Waals surface area contributed by atoms with E-state index in [0.717, 1.165) is 0 Å². The lowest BCUT2D eigenvalue weighted by molar-refractivity contribution is -0.114. The van der Waals surface area contributed by atoms with Crippen LogP contribution in [0.2, 0.25) is 0 Å². The molecule has 20 heavy (non-hydrogen) atoms. The van der Waals surface area contributed by atoms with Gasteiger partial charge in [-0.1, -0.05) is 0 Å². The Bertz CT molecular complexity index is 690. The highest BCUT2D eigenvalue weighted by Crippen LogP contribution is 2.24. The lowest BCUT2D eigenvalue weighted by Crippen LogP contribution is -2.07. The van der Waals surface area contributed by atoms with Crippen molar-refractivity contribution in [2.45, 2.75) is 11.8 Å². The van der Waals surface area contributed by atoms with Gasteiger partial charge in [-0.25, -0.2) is 9.97 Å². The van der Waals surface area contributed by atoms with Crippen LogP contribution in [-0.4, -0.2) is 24.6 Å². The van der Waals surface area contributed by atoms with Gasteiger partial charge in [0.15, 0.2) is 0 Å². The number of pyridine rings is 2. The number of hydrogen-bond donors (Lipinski definition) is 2. The van der Waals surface area contributed by atoms with Gasteiger partial charge in [0.1, 0.15) is 11.6 Å². The van der Waals surface area contributed by atoms with Crippen molar-refractivity contribution >= 4 is 28.6 Å². The van der Waals surface area contributed by atoms with Gasteiger partial charge in [0.25, 0.3) is 0 Å². The number of carbonyl (C=O) groups excluding carboxylic acids is 1. The molecule has 2 rings (SSSR count). The minimum absolute atomic E-state index is 0.0572. The van der Waals surface area contributed by atoms with Crippen LogP contribution in [0.3, 0.4) is 0 Å². The highest BCUT2D eigenvalue weighted by atomic mass is 32.2. The molecular formula is C12H11N4O3S-. The summed E-state index contributed by atoms with van der Waals surface area (Å²) < 4.78 is 22.1. The molecular weight excluding hydrogens is 280 g/mol. The third-order valence-electron chi connectivity index (χ3n) is 2.46. The van der Waals surface area contributed by atoms with Gasteiger partial charge in [0.2, 0.25) is 5.91 Å². The molecule has 0 aromatic carbocycles. The van der Waals surface area contributed by atoms with Crippen LogP contribution in [0, 0.1) is 0 Å². The fourth-order valence-electron chi connectivity index (χ4n) is 1.61. The normalized spacial score (nSPS) is 11.9. The van der Waals surface area contributed by atoms with E-state index in [9.17, 15) is 13.6 Å². The summed E-state index contributed by atoms with van der Waals surface area (Å²) in [5.74, 6) is 0.0706. The molecule has 0 bridgehead atoms. The molecule has 0 spiro atoms. The van der Waals surface area contributed by atoms with E-state index in [1.807, 2.05) is 0 Å². The van der Waals surface area contributed by atoms with E-state index in [0.29, 0.717) is 16.9 Å². The Morgan fingerprint density at radius 3 is 2.75 bits per heavy atom. The van der Waals surface area contributed by atoms with Crippen LogP contribution < -0.4 is 11.1 Å². The average Bonchev–Trinajstić information content (AvgIpc) is 2.38. The first-order chi connectivity index (χ1) is 9.47. The summed E-state index contributed by atoms with van der Waals surface area (Å²) in [4.78, 5) is 18.7. The average molecular weight is 291 g/mol. The van der Waals surface area contributed by atoms with Crippen molar-refractivity contribution in [3.8, 4) is 11.1 Å². The molecule has 1 amide bonds. The summed E-state index contributed by atoms with van der Waals surface area (Å²) in [6.07, 6.45) is 2.96. The Kier molecular flexibility index (Phi) is 4.06. The zero-order valence-electron chi connectivity index (χ0n) is 10.5. The van der Waals surface area contributed by atoms with E-state index >= 15 is 0 Å². The van der Waals surface area contributed by atoms with Gasteiger partial charge in [-0.3, -0.25) is 9.00 Å². The Morgan fingerprint density at radius 2 is 2.10 bits per heavy atom. The minimum atomic E-state index is -2.46. The standard InChI is InChI=1S/C12H12N4O3S/c1-7(17)16-11-5-8(2-3-14-11)9-4-10(20(18)19)12(13)15-6-9/h2-6H,1H3,(H2,13,15)(H,18,19)(H,14,16,17)/p-1. The second-order valence-electron chi connectivity index (χ2n) is 3.95. The molecule has 8 heteroatoms. The predicted molar refractivity (Wildman–Crippen MR) is 73.4 cm³/mol. The van der Waals surface area contributed by atoms with Crippen LogP contribution in [0.1, 0.15) is 6.92 Å². The number of anilines is 2. The maximum Gasteiger partial charge on any atom is 0.222 e. The second kappa shape index (κ2) is 5.76. The number of hydrogen-bond acceptors (Lipinski definition) is 6. The first-order valence-corrected chi connectivity index (χ1v) is 6.63. The van der Waals surface area contributed by atoms with Gasteiger partial charge in [0.05, 0.1) is 4.90 Å². The number of nitrogens with one attached hydrogen (secondary N) is 1. The number of nitrogens with two attached hydrogens (primary N) is 1. The van der Waals surface area contributed by atoms with Crippen molar-refractivity contribution in [1.82, 2.24) is 9.97 Å². The van der Waals surface area contributed by atoms with Crippen molar-refractivity contribution in [3.05, 3.63) is 30.6 Å². The highest BCUT2D eigenvalue weighted by Gasteiger charge is 2.07. The fraction of sp³-hybridized carbons (Fsp3) is 0.0833. The molecule has 0 aliphatic rings. The molecule has 2 aromatic heterocycles. The lowest BCUT2D eigenvalue weighted by Gasteiger charge is -2.10. The van der Waals surface area contributed by atoms with Gasteiger partial charge >= 0.3 is 0 Å². The quantitative estimate of drug-likeness (QED) is 0.811. The highest BCUT2D eigenvalue weighted by molar-refractivity contribution is 7.79. The van der Waals surface area contributed by atoms with E-state index in [-0.39, 0.29) is 16.6 Å². The molecule has 104 valence electrons. The fourth-order valence-corrected chi connectivity index (χ4v) is 2.05. The van der Waals surface area contributed by atoms with Crippen molar-refractivity contribution in [3.63, 3.8) is 0 Å². The van der Waals surface area contributed by atoms with E-state index < -0.39 is 11.1 Å². The predicted octanol–water partition coefficient (Wildman–Crippen LogP) is 0.922.